The van der Waals surface area contributed by atoms with Crippen molar-refractivity contribution in [3.05, 3.63) is 70.5 Å². The summed E-state index contributed by atoms with van der Waals surface area (Å²) in [5, 5.41) is 18.5. The number of nitrogens with zero attached hydrogens (tertiary/aromatic N) is 5. The summed E-state index contributed by atoms with van der Waals surface area (Å²) in [5.74, 6) is 0.664. The molecule has 0 radical (unpaired) electrons. The first-order chi connectivity index (χ1) is 16.2. The molecule has 1 aliphatic rings. The first kappa shape index (κ1) is 23.7. The third-order valence-electron chi connectivity index (χ3n) is 6.52. The molecule has 3 heterocycles. The molecule has 1 unspecified atom stereocenters. The van der Waals surface area contributed by atoms with Crippen molar-refractivity contribution in [1.82, 2.24) is 24.2 Å². The van der Waals surface area contributed by atoms with E-state index in [1.807, 2.05) is 55.4 Å². The highest BCUT2D eigenvalue weighted by molar-refractivity contribution is 5.77. The molecule has 1 atom stereocenters. The zero-order chi connectivity index (χ0) is 24.3. The summed E-state index contributed by atoms with van der Waals surface area (Å²) in [4.78, 5) is 31.6. The summed E-state index contributed by atoms with van der Waals surface area (Å²) < 4.78 is 3.12. The van der Waals surface area contributed by atoms with Gasteiger partial charge in [0.1, 0.15) is 5.82 Å². The van der Waals surface area contributed by atoms with Gasteiger partial charge in [-0.2, -0.15) is 5.10 Å². The molecule has 0 saturated carbocycles. The number of aryl methyl sites for hydroxylation is 2. The Morgan fingerprint density at radius 3 is 2.56 bits per heavy atom. The normalized spacial score (nSPS) is 16.3. The fraction of sp³-hybridized carbons (Fsp3) is 0.440. The first-order valence-electron chi connectivity index (χ1n) is 11.6. The number of rotatable bonds is 7. The minimum absolute atomic E-state index is 0.0957. The quantitative estimate of drug-likeness (QED) is 0.557. The van der Waals surface area contributed by atoms with Crippen LogP contribution in [-0.4, -0.2) is 53.9 Å². The van der Waals surface area contributed by atoms with E-state index in [0.29, 0.717) is 38.2 Å². The standard InChI is InChI=1S/C25H32N6O3/c1-18(20-7-5-4-6-8-20)13-23(32)30-11-9-25(34,10-12-30)16-31-17-26-22(14-24(31)33)27-21-15-29(3)28-19(21)2/h4-8,14-15,17-18,27,34H,9-13,16H2,1-3H3. The maximum Gasteiger partial charge on any atom is 0.255 e. The number of hydrogen-bond acceptors (Lipinski definition) is 6. The molecule has 2 aromatic heterocycles. The molecule has 1 aliphatic heterocycles. The van der Waals surface area contributed by atoms with Crippen LogP contribution in [0.5, 0.6) is 0 Å². The van der Waals surface area contributed by atoms with E-state index in [1.165, 1.54) is 17.0 Å². The maximum atomic E-state index is 12.8. The average Bonchev–Trinajstić information content (AvgIpc) is 3.13. The molecule has 0 bridgehead atoms. The number of aromatic nitrogens is 4. The van der Waals surface area contributed by atoms with E-state index in [-0.39, 0.29) is 23.9 Å². The zero-order valence-electron chi connectivity index (χ0n) is 19.9. The number of likely N-dealkylation sites (tertiary alicyclic amines) is 1. The van der Waals surface area contributed by atoms with E-state index in [4.69, 9.17) is 0 Å². The summed E-state index contributed by atoms with van der Waals surface area (Å²) in [5.41, 5.74) is 1.43. The van der Waals surface area contributed by atoms with E-state index in [9.17, 15) is 14.7 Å². The van der Waals surface area contributed by atoms with Crippen LogP contribution in [0, 0.1) is 6.92 Å². The number of hydrogen-bond donors (Lipinski definition) is 2. The van der Waals surface area contributed by atoms with E-state index in [2.05, 4.69) is 22.3 Å². The second kappa shape index (κ2) is 9.80. The van der Waals surface area contributed by atoms with Gasteiger partial charge in [0.25, 0.3) is 5.56 Å². The van der Waals surface area contributed by atoms with Crippen molar-refractivity contribution in [1.29, 1.82) is 0 Å². The van der Waals surface area contributed by atoms with E-state index in [0.717, 1.165) is 16.9 Å². The summed E-state index contributed by atoms with van der Waals surface area (Å²) in [6, 6.07) is 11.4. The van der Waals surface area contributed by atoms with Gasteiger partial charge in [-0.3, -0.25) is 18.8 Å². The topological polar surface area (TPSA) is 105 Å². The Kier molecular flexibility index (Phi) is 6.83. The second-order valence-electron chi connectivity index (χ2n) is 9.29. The molecule has 1 saturated heterocycles. The van der Waals surface area contributed by atoms with Gasteiger partial charge in [-0.25, -0.2) is 4.98 Å². The molecule has 0 spiro atoms. The molecular weight excluding hydrogens is 432 g/mol. The van der Waals surface area contributed by atoms with Crippen molar-refractivity contribution in [2.24, 2.45) is 7.05 Å². The minimum Gasteiger partial charge on any atom is -0.388 e. The van der Waals surface area contributed by atoms with Gasteiger partial charge in [-0.1, -0.05) is 37.3 Å². The Morgan fingerprint density at radius 2 is 1.94 bits per heavy atom. The largest absolute Gasteiger partial charge is 0.388 e. The van der Waals surface area contributed by atoms with Gasteiger partial charge in [-0.05, 0) is 31.2 Å². The molecule has 34 heavy (non-hydrogen) atoms. The van der Waals surface area contributed by atoms with Crippen LogP contribution in [0.3, 0.4) is 0 Å². The lowest BCUT2D eigenvalue weighted by molar-refractivity contribution is -0.136. The van der Waals surface area contributed by atoms with Crippen molar-refractivity contribution in [3.63, 3.8) is 0 Å². The lowest BCUT2D eigenvalue weighted by Crippen LogP contribution is -2.49. The first-order valence-corrected chi connectivity index (χ1v) is 11.6. The van der Waals surface area contributed by atoms with Gasteiger partial charge in [0.15, 0.2) is 0 Å². The lowest BCUT2D eigenvalue weighted by Gasteiger charge is -2.38. The number of carbonyl (C=O) groups excluding carboxylic acids is 1. The van der Waals surface area contributed by atoms with Crippen LogP contribution in [0.15, 0.2) is 53.7 Å². The Bertz CT molecular complexity index is 1190. The molecule has 1 fully saturated rings. The smallest absolute Gasteiger partial charge is 0.255 e. The monoisotopic (exact) mass is 464 g/mol. The van der Waals surface area contributed by atoms with Gasteiger partial charge < -0.3 is 15.3 Å². The van der Waals surface area contributed by atoms with Crippen LogP contribution in [0.1, 0.15) is 43.4 Å². The molecule has 1 aromatic carbocycles. The number of aliphatic hydroxyl groups is 1. The van der Waals surface area contributed by atoms with Crippen LogP contribution in [-0.2, 0) is 18.4 Å². The molecule has 1 amide bonds. The second-order valence-corrected chi connectivity index (χ2v) is 9.29. The van der Waals surface area contributed by atoms with Gasteiger partial charge in [0.2, 0.25) is 5.91 Å². The van der Waals surface area contributed by atoms with Crippen molar-refractivity contribution in [2.75, 3.05) is 18.4 Å². The highest BCUT2D eigenvalue weighted by Gasteiger charge is 2.34. The number of amides is 1. The predicted octanol–water partition coefficient (Wildman–Crippen LogP) is 2.58. The molecular formula is C25H32N6O3. The third-order valence-corrected chi connectivity index (χ3v) is 6.52. The van der Waals surface area contributed by atoms with Crippen LogP contribution >= 0.6 is 0 Å². The number of piperidine rings is 1. The van der Waals surface area contributed by atoms with E-state index < -0.39 is 5.60 Å². The summed E-state index contributed by atoms with van der Waals surface area (Å²) in [6.45, 7) is 5.02. The van der Waals surface area contributed by atoms with E-state index in [1.54, 1.807) is 4.68 Å². The van der Waals surface area contributed by atoms with E-state index >= 15 is 0 Å². The molecule has 3 aromatic rings. The molecule has 2 N–H and O–H groups in total. The van der Waals surface area contributed by atoms with Gasteiger partial charge >= 0.3 is 0 Å². The Hall–Kier alpha value is -3.46. The minimum atomic E-state index is -1.05. The average molecular weight is 465 g/mol. The number of benzene rings is 1. The highest BCUT2D eigenvalue weighted by atomic mass is 16.3. The van der Waals surface area contributed by atoms with Crippen LogP contribution in [0.4, 0.5) is 11.5 Å². The van der Waals surface area contributed by atoms with Gasteiger partial charge in [0, 0.05) is 38.8 Å². The Labute approximate surface area is 199 Å². The van der Waals surface area contributed by atoms with Crippen LogP contribution in [0.25, 0.3) is 0 Å². The van der Waals surface area contributed by atoms with Crippen molar-refractivity contribution in [3.8, 4) is 0 Å². The third kappa shape index (κ3) is 5.53. The molecule has 180 valence electrons. The highest BCUT2D eigenvalue weighted by Crippen LogP contribution is 2.26. The summed E-state index contributed by atoms with van der Waals surface area (Å²) in [7, 11) is 1.83. The van der Waals surface area contributed by atoms with Gasteiger partial charge in [0.05, 0.1) is 29.9 Å². The Balaban J connectivity index is 1.33. The Morgan fingerprint density at radius 1 is 1.24 bits per heavy atom. The molecule has 9 nitrogen and oxygen atoms in total. The predicted molar refractivity (Wildman–Crippen MR) is 130 cm³/mol. The molecule has 9 heteroatoms. The fourth-order valence-corrected chi connectivity index (χ4v) is 4.41. The molecule has 4 rings (SSSR count). The zero-order valence-corrected chi connectivity index (χ0v) is 19.9. The lowest BCUT2D eigenvalue weighted by atomic mass is 9.90. The van der Waals surface area contributed by atoms with Crippen molar-refractivity contribution in [2.45, 2.75) is 51.2 Å². The van der Waals surface area contributed by atoms with Crippen molar-refractivity contribution >= 4 is 17.4 Å². The SMILES string of the molecule is Cc1nn(C)cc1Nc1cc(=O)n(CC2(O)CCN(C(=O)CC(C)c3ccccc3)CC2)cn1. The van der Waals surface area contributed by atoms with Crippen molar-refractivity contribution < 1.29 is 9.90 Å². The number of carbonyl (C=O) groups is 1. The fourth-order valence-electron chi connectivity index (χ4n) is 4.41. The summed E-state index contributed by atoms with van der Waals surface area (Å²) in [6.07, 6.45) is 4.55. The summed E-state index contributed by atoms with van der Waals surface area (Å²) >= 11 is 0. The number of nitrogens with one attached hydrogen (secondary N) is 1. The van der Waals surface area contributed by atoms with Gasteiger partial charge in [-0.15, -0.1) is 0 Å². The maximum absolute atomic E-state index is 12.8. The number of anilines is 2. The molecule has 0 aliphatic carbocycles. The van der Waals surface area contributed by atoms with Crippen LogP contribution in [0.2, 0.25) is 0 Å². The van der Waals surface area contributed by atoms with Crippen LogP contribution < -0.4 is 10.9 Å².